The third kappa shape index (κ3) is 2.86. The van der Waals surface area contributed by atoms with Crippen LogP contribution in [0.3, 0.4) is 0 Å². The Bertz CT molecular complexity index is 517. The van der Waals surface area contributed by atoms with E-state index in [1.807, 2.05) is 11.3 Å². The molecule has 0 aliphatic heterocycles. The molecule has 0 radical (unpaired) electrons. The summed E-state index contributed by atoms with van der Waals surface area (Å²) in [4.78, 5) is 4.77. The monoisotopic (exact) mass is 247 g/mol. The van der Waals surface area contributed by atoms with Crippen molar-refractivity contribution in [1.29, 1.82) is 0 Å². The van der Waals surface area contributed by atoms with Gasteiger partial charge in [-0.3, -0.25) is 0 Å². The number of rotatable bonds is 2. The summed E-state index contributed by atoms with van der Waals surface area (Å²) in [5.74, 6) is 0.702. The van der Waals surface area contributed by atoms with Crippen molar-refractivity contribution in [2.45, 2.75) is 46.5 Å². The molecule has 2 heteroatoms. The molecule has 0 amide bonds. The summed E-state index contributed by atoms with van der Waals surface area (Å²) in [5, 5.41) is 1.23. The van der Waals surface area contributed by atoms with Gasteiger partial charge in [0.15, 0.2) is 0 Å². The maximum absolute atomic E-state index is 4.77. The Labute approximate surface area is 108 Å². The second-order valence-corrected chi connectivity index (χ2v) is 7.20. The van der Waals surface area contributed by atoms with Crippen molar-refractivity contribution < 1.29 is 0 Å². The Morgan fingerprint density at radius 3 is 2.53 bits per heavy atom. The summed E-state index contributed by atoms with van der Waals surface area (Å²) in [5.41, 5.74) is 2.72. The van der Waals surface area contributed by atoms with Gasteiger partial charge in [0.2, 0.25) is 0 Å². The van der Waals surface area contributed by atoms with Gasteiger partial charge in [-0.15, -0.1) is 11.3 Å². The number of thiazole rings is 1. The fraction of sp³-hybridized carbons (Fsp3) is 0.533. The number of nitrogens with zero attached hydrogens (tertiary/aromatic N) is 1. The predicted molar refractivity (Wildman–Crippen MR) is 76.9 cm³/mol. The van der Waals surface area contributed by atoms with Crippen LogP contribution in [0.1, 0.15) is 45.2 Å². The normalized spacial score (nSPS) is 12.6. The molecular formula is C15H21NS. The zero-order valence-corrected chi connectivity index (χ0v) is 12.2. The van der Waals surface area contributed by atoms with Crippen LogP contribution in [-0.2, 0) is 11.8 Å². The number of hydrogen-bond acceptors (Lipinski definition) is 2. The molecule has 1 aromatic carbocycles. The minimum Gasteiger partial charge on any atom is -0.241 e. The number of aromatic nitrogens is 1. The zero-order chi connectivity index (χ0) is 12.6. The molecule has 0 N–H and O–H groups in total. The average Bonchev–Trinajstić information content (AvgIpc) is 2.58. The van der Waals surface area contributed by atoms with Gasteiger partial charge in [-0.05, 0) is 30.0 Å². The zero-order valence-electron chi connectivity index (χ0n) is 11.4. The van der Waals surface area contributed by atoms with Crippen molar-refractivity contribution in [2.75, 3.05) is 0 Å². The Morgan fingerprint density at radius 2 is 1.94 bits per heavy atom. The molecule has 1 aromatic heterocycles. The fourth-order valence-electron chi connectivity index (χ4n) is 1.89. The number of benzene rings is 1. The van der Waals surface area contributed by atoms with Crippen LogP contribution >= 0.6 is 11.3 Å². The molecule has 1 heterocycles. The summed E-state index contributed by atoms with van der Waals surface area (Å²) in [7, 11) is 0. The van der Waals surface area contributed by atoms with Gasteiger partial charge in [0.25, 0.3) is 0 Å². The van der Waals surface area contributed by atoms with E-state index in [4.69, 9.17) is 4.98 Å². The van der Waals surface area contributed by atoms with Gasteiger partial charge in [-0.1, -0.05) is 40.7 Å². The molecule has 2 rings (SSSR count). The molecule has 2 aromatic rings. The molecule has 0 saturated heterocycles. The molecule has 0 spiro atoms. The van der Waals surface area contributed by atoms with Crippen LogP contribution in [0.4, 0.5) is 0 Å². The maximum Gasteiger partial charge on any atom is 0.0992 e. The standard InChI is InChI=1S/C15H21NS/c1-10(2)8-11-6-7-13-12(9-11)16-14(17-13)15(3,4)5/h6-7,9-10H,8H2,1-5H3. The van der Waals surface area contributed by atoms with Crippen molar-refractivity contribution >= 4 is 21.6 Å². The minimum absolute atomic E-state index is 0.155. The topological polar surface area (TPSA) is 12.9 Å². The molecule has 0 bridgehead atoms. The van der Waals surface area contributed by atoms with E-state index in [0.717, 1.165) is 11.9 Å². The Hall–Kier alpha value is -0.890. The third-order valence-electron chi connectivity index (χ3n) is 2.74. The lowest BCUT2D eigenvalue weighted by atomic mass is 9.98. The van der Waals surface area contributed by atoms with Crippen LogP contribution in [-0.4, -0.2) is 4.98 Å². The van der Waals surface area contributed by atoms with E-state index in [0.29, 0.717) is 5.92 Å². The highest BCUT2D eigenvalue weighted by Crippen LogP contribution is 2.31. The molecule has 0 aliphatic rings. The summed E-state index contributed by atoms with van der Waals surface area (Å²) < 4.78 is 1.31. The van der Waals surface area contributed by atoms with Gasteiger partial charge in [-0.25, -0.2) is 4.98 Å². The van der Waals surface area contributed by atoms with Gasteiger partial charge in [0.05, 0.1) is 15.2 Å². The molecular weight excluding hydrogens is 226 g/mol. The van der Waals surface area contributed by atoms with Gasteiger partial charge in [0, 0.05) is 5.41 Å². The van der Waals surface area contributed by atoms with Crippen molar-refractivity contribution in [3.63, 3.8) is 0 Å². The Morgan fingerprint density at radius 1 is 1.24 bits per heavy atom. The van der Waals surface area contributed by atoms with Gasteiger partial charge in [0.1, 0.15) is 0 Å². The van der Waals surface area contributed by atoms with Gasteiger partial charge < -0.3 is 0 Å². The Balaban J connectivity index is 2.41. The predicted octanol–water partition coefficient (Wildman–Crippen LogP) is 4.79. The van der Waals surface area contributed by atoms with Crippen molar-refractivity contribution in [1.82, 2.24) is 4.98 Å². The fourth-order valence-corrected chi connectivity index (χ4v) is 2.90. The first kappa shape index (κ1) is 12.6. The van der Waals surface area contributed by atoms with Crippen LogP contribution in [0.25, 0.3) is 10.2 Å². The van der Waals surface area contributed by atoms with Gasteiger partial charge in [-0.2, -0.15) is 0 Å². The smallest absolute Gasteiger partial charge is 0.0992 e. The second-order valence-electron chi connectivity index (χ2n) is 6.17. The van der Waals surface area contributed by atoms with E-state index in [1.54, 1.807) is 0 Å². The second kappa shape index (κ2) is 4.41. The third-order valence-corrected chi connectivity index (χ3v) is 4.20. The van der Waals surface area contributed by atoms with Crippen LogP contribution in [0, 0.1) is 5.92 Å². The van der Waals surface area contributed by atoms with Crippen LogP contribution in [0.2, 0.25) is 0 Å². The molecule has 0 unspecified atom stereocenters. The van der Waals surface area contributed by atoms with Crippen LogP contribution in [0.15, 0.2) is 18.2 Å². The molecule has 0 fully saturated rings. The molecule has 0 atom stereocenters. The largest absolute Gasteiger partial charge is 0.241 e. The van der Waals surface area contributed by atoms with Crippen molar-refractivity contribution in [2.24, 2.45) is 5.92 Å². The van der Waals surface area contributed by atoms with Gasteiger partial charge >= 0.3 is 0 Å². The summed E-state index contributed by atoms with van der Waals surface area (Å²) in [6.07, 6.45) is 1.14. The summed E-state index contributed by atoms with van der Waals surface area (Å²) in [6.45, 7) is 11.2. The maximum atomic E-state index is 4.77. The highest BCUT2D eigenvalue weighted by atomic mass is 32.1. The number of hydrogen-bond donors (Lipinski definition) is 0. The first-order chi connectivity index (χ1) is 7.86. The van der Waals surface area contributed by atoms with E-state index in [-0.39, 0.29) is 5.41 Å². The molecule has 1 nitrogen and oxygen atoms in total. The minimum atomic E-state index is 0.155. The van der Waals surface area contributed by atoms with E-state index >= 15 is 0 Å². The number of fused-ring (bicyclic) bond motifs is 1. The molecule has 92 valence electrons. The van der Waals surface area contributed by atoms with Crippen LogP contribution < -0.4 is 0 Å². The van der Waals surface area contributed by atoms with Crippen LogP contribution in [0.5, 0.6) is 0 Å². The quantitative estimate of drug-likeness (QED) is 0.743. The first-order valence-electron chi connectivity index (χ1n) is 6.26. The molecule has 17 heavy (non-hydrogen) atoms. The van der Waals surface area contributed by atoms with E-state index in [1.165, 1.54) is 15.3 Å². The van der Waals surface area contributed by atoms with E-state index in [2.05, 4.69) is 52.8 Å². The molecule has 0 saturated carbocycles. The van der Waals surface area contributed by atoms with Crippen molar-refractivity contribution in [3.8, 4) is 0 Å². The molecule has 0 aliphatic carbocycles. The SMILES string of the molecule is CC(C)Cc1ccc2sc(C(C)(C)C)nc2c1. The van der Waals surface area contributed by atoms with E-state index in [9.17, 15) is 0 Å². The average molecular weight is 247 g/mol. The lowest BCUT2D eigenvalue weighted by molar-refractivity contribution is 0.587. The Kier molecular flexibility index (Phi) is 3.26. The lowest BCUT2D eigenvalue weighted by Crippen LogP contribution is -2.09. The van der Waals surface area contributed by atoms with Crippen molar-refractivity contribution in [3.05, 3.63) is 28.8 Å². The summed E-state index contributed by atoms with van der Waals surface area (Å²) in [6, 6.07) is 6.72. The first-order valence-corrected chi connectivity index (χ1v) is 7.08. The van der Waals surface area contributed by atoms with E-state index < -0.39 is 0 Å². The lowest BCUT2D eigenvalue weighted by Gasteiger charge is -2.13. The highest BCUT2D eigenvalue weighted by molar-refractivity contribution is 7.18. The highest BCUT2D eigenvalue weighted by Gasteiger charge is 2.18. The summed E-state index contributed by atoms with van der Waals surface area (Å²) >= 11 is 1.82.